The zero-order valence-electron chi connectivity index (χ0n) is 13.5. The van der Waals surface area contributed by atoms with E-state index in [0.29, 0.717) is 11.9 Å². The fourth-order valence-corrected chi connectivity index (χ4v) is 3.58. The Bertz CT molecular complexity index is 351. The Morgan fingerprint density at radius 3 is 2.11 bits per heavy atom. The monoisotopic (exact) mass is 266 g/mol. The van der Waals surface area contributed by atoms with Crippen molar-refractivity contribution in [1.82, 2.24) is 10.0 Å². The van der Waals surface area contributed by atoms with E-state index in [2.05, 4.69) is 51.6 Å². The number of hydrogen-bond acceptors (Lipinski definition) is 2. The zero-order chi connectivity index (χ0) is 14.4. The number of fused-ring (bicyclic) bond motifs is 1. The van der Waals surface area contributed by atoms with Gasteiger partial charge in [-0.15, -0.1) is 0 Å². The minimum atomic E-state index is 0.0676. The molecule has 2 rings (SSSR count). The number of rotatable bonds is 0. The van der Waals surface area contributed by atoms with Gasteiger partial charge in [-0.1, -0.05) is 41.5 Å². The standard InChI is InChI=1S/C16H30N2O/c1-15(2,3)12-8-7-10-17-11-9-13(16(4,5)6)18(17)14(12)19/h12-13H,7-11H2,1-6H3. The number of hydrazine groups is 1. The summed E-state index contributed by atoms with van der Waals surface area (Å²) in [6.45, 7) is 15.5. The summed E-state index contributed by atoms with van der Waals surface area (Å²) >= 11 is 0. The second-order valence-corrected chi connectivity index (χ2v) is 8.37. The van der Waals surface area contributed by atoms with Gasteiger partial charge in [0.1, 0.15) is 0 Å². The van der Waals surface area contributed by atoms with Crippen LogP contribution in [-0.4, -0.2) is 35.1 Å². The normalized spacial score (nSPS) is 30.4. The molecule has 19 heavy (non-hydrogen) atoms. The number of hydrogen-bond donors (Lipinski definition) is 0. The molecule has 0 aromatic heterocycles. The van der Waals surface area contributed by atoms with Gasteiger partial charge in [-0.05, 0) is 30.1 Å². The molecule has 0 N–H and O–H groups in total. The van der Waals surface area contributed by atoms with Gasteiger partial charge >= 0.3 is 0 Å². The molecule has 2 aliphatic heterocycles. The van der Waals surface area contributed by atoms with Crippen LogP contribution in [-0.2, 0) is 4.79 Å². The first kappa shape index (κ1) is 14.8. The van der Waals surface area contributed by atoms with Gasteiger partial charge in [0.25, 0.3) is 0 Å². The first-order valence-corrected chi connectivity index (χ1v) is 7.70. The number of nitrogens with zero attached hydrogens (tertiary/aromatic N) is 2. The van der Waals surface area contributed by atoms with E-state index in [4.69, 9.17) is 0 Å². The SMILES string of the molecule is CC(C)(C)C1CCCN2CCC(C(C)(C)C)N2C1=O. The molecule has 0 aliphatic carbocycles. The van der Waals surface area contributed by atoms with E-state index in [1.807, 2.05) is 0 Å². The van der Waals surface area contributed by atoms with Crippen molar-refractivity contribution in [2.24, 2.45) is 16.7 Å². The Morgan fingerprint density at radius 2 is 1.58 bits per heavy atom. The lowest BCUT2D eigenvalue weighted by molar-refractivity contribution is -0.156. The van der Waals surface area contributed by atoms with Crippen molar-refractivity contribution >= 4 is 5.91 Å². The van der Waals surface area contributed by atoms with Gasteiger partial charge in [-0.25, -0.2) is 5.01 Å². The van der Waals surface area contributed by atoms with E-state index >= 15 is 0 Å². The largest absolute Gasteiger partial charge is 0.273 e. The second-order valence-electron chi connectivity index (χ2n) is 8.37. The van der Waals surface area contributed by atoms with Gasteiger partial charge in [-0.2, -0.15) is 0 Å². The van der Waals surface area contributed by atoms with Crippen LogP contribution < -0.4 is 0 Å². The van der Waals surface area contributed by atoms with E-state index in [1.165, 1.54) is 0 Å². The Hall–Kier alpha value is -0.570. The molecule has 0 saturated carbocycles. The molecule has 3 nitrogen and oxygen atoms in total. The van der Waals surface area contributed by atoms with Crippen LogP contribution in [0.4, 0.5) is 0 Å². The lowest BCUT2D eigenvalue weighted by atomic mass is 9.76. The van der Waals surface area contributed by atoms with Crippen LogP contribution >= 0.6 is 0 Å². The van der Waals surface area contributed by atoms with Crippen molar-refractivity contribution in [1.29, 1.82) is 0 Å². The zero-order valence-corrected chi connectivity index (χ0v) is 13.5. The summed E-state index contributed by atoms with van der Waals surface area (Å²) in [4.78, 5) is 13.0. The molecule has 0 aromatic carbocycles. The summed E-state index contributed by atoms with van der Waals surface area (Å²) in [7, 11) is 0. The lowest BCUT2D eigenvalue weighted by Gasteiger charge is -2.40. The highest BCUT2D eigenvalue weighted by Gasteiger charge is 2.47. The average Bonchev–Trinajstić information content (AvgIpc) is 2.58. The summed E-state index contributed by atoms with van der Waals surface area (Å²) in [6.07, 6.45) is 3.29. The highest BCUT2D eigenvalue weighted by atomic mass is 16.2. The first-order valence-electron chi connectivity index (χ1n) is 7.70. The summed E-state index contributed by atoms with van der Waals surface area (Å²) in [5, 5.41) is 4.44. The van der Waals surface area contributed by atoms with Crippen LogP contribution in [0, 0.1) is 16.7 Å². The van der Waals surface area contributed by atoms with Gasteiger partial charge < -0.3 is 0 Å². The van der Waals surface area contributed by atoms with Crippen molar-refractivity contribution in [2.75, 3.05) is 13.1 Å². The maximum Gasteiger partial charge on any atom is 0.240 e. The van der Waals surface area contributed by atoms with Gasteiger partial charge in [-0.3, -0.25) is 9.80 Å². The van der Waals surface area contributed by atoms with Crippen LogP contribution in [0.15, 0.2) is 0 Å². The minimum Gasteiger partial charge on any atom is -0.273 e. The molecular weight excluding hydrogens is 236 g/mol. The summed E-state index contributed by atoms with van der Waals surface area (Å²) in [5.74, 6) is 0.530. The van der Waals surface area contributed by atoms with Crippen LogP contribution in [0.2, 0.25) is 0 Å². The number of carbonyl (C=O) groups excluding carboxylic acids is 1. The first-order chi connectivity index (χ1) is 8.62. The highest BCUT2D eigenvalue weighted by Crippen LogP contribution is 2.40. The molecule has 2 unspecified atom stereocenters. The fraction of sp³-hybridized carbons (Fsp3) is 0.938. The third-order valence-electron chi connectivity index (χ3n) is 4.74. The van der Waals surface area contributed by atoms with E-state index in [-0.39, 0.29) is 16.7 Å². The molecule has 2 fully saturated rings. The Morgan fingerprint density at radius 1 is 0.947 bits per heavy atom. The van der Waals surface area contributed by atoms with E-state index in [9.17, 15) is 4.79 Å². The molecule has 2 heterocycles. The third kappa shape index (κ3) is 2.81. The van der Waals surface area contributed by atoms with Crippen LogP contribution in [0.5, 0.6) is 0 Å². The van der Waals surface area contributed by atoms with Gasteiger partial charge in [0.15, 0.2) is 0 Å². The van der Waals surface area contributed by atoms with Gasteiger partial charge in [0.05, 0.1) is 6.04 Å². The topological polar surface area (TPSA) is 23.6 Å². The van der Waals surface area contributed by atoms with E-state index < -0.39 is 0 Å². The molecule has 0 bridgehead atoms. The van der Waals surface area contributed by atoms with Gasteiger partial charge in [0.2, 0.25) is 5.91 Å². The minimum absolute atomic E-state index is 0.0676. The van der Waals surface area contributed by atoms with Crippen molar-refractivity contribution in [2.45, 2.75) is 66.8 Å². The van der Waals surface area contributed by atoms with Crippen molar-refractivity contribution in [3.63, 3.8) is 0 Å². The van der Waals surface area contributed by atoms with Crippen molar-refractivity contribution in [3.8, 4) is 0 Å². The van der Waals surface area contributed by atoms with Crippen LogP contribution in [0.1, 0.15) is 60.8 Å². The number of amides is 1. The molecule has 1 amide bonds. The molecule has 2 atom stereocenters. The summed E-state index contributed by atoms with van der Waals surface area (Å²) in [5.41, 5.74) is 0.231. The molecule has 2 aliphatic rings. The molecule has 0 aromatic rings. The average molecular weight is 266 g/mol. The molecule has 0 spiro atoms. The smallest absolute Gasteiger partial charge is 0.240 e. The fourth-order valence-electron chi connectivity index (χ4n) is 3.58. The molecule has 2 saturated heterocycles. The van der Waals surface area contributed by atoms with Gasteiger partial charge in [0, 0.05) is 19.0 Å². The van der Waals surface area contributed by atoms with E-state index in [0.717, 1.165) is 32.4 Å². The molecule has 0 radical (unpaired) electrons. The maximum absolute atomic E-state index is 13.0. The second kappa shape index (κ2) is 4.76. The molecule has 3 heteroatoms. The van der Waals surface area contributed by atoms with Crippen LogP contribution in [0.25, 0.3) is 0 Å². The quantitative estimate of drug-likeness (QED) is 0.671. The Labute approximate surface area is 118 Å². The Balaban J connectivity index is 2.29. The lowest BCUT2D eigenvalue weighted by Crippen LogP contribution is -2.52. The predicted molar refractivity (Wildman–Crippen MR) is 78.5 cm³/mol. The number of carbonyl (C=O) groups is 1. The third-order valence-corrected chi connectivity index (χ3v) is 4.74. The summed E-state index contributed by atoms with van der Waals surface area (Å²) < 4.78 is 0. The molecular formula is C16H30N2O. The van der Waals surface area contributed by atoms with Crippen molar-refractivity contribution < 1.29 is 4.79 Å². The summed E-state index contributed by atoms with van der Waals surface area (Å²) in [6, 6.07) is 0.364. The van der Waals surface area contributed by atoms with Crippen LogP contribution in [0.3, 0.4) is 0 Å². The maximum atomic E-state index is 13.0. The molecule has 110 valence electrons. The van der Waals surface area contributed by atoms with E-state index in [1.54, 1.807) is 0 Å². The Kier molecular flexibility index (Phi) is 3.72. The van der Waals surface area contributed by atoms with Crippen molar-refractivity contribution in [3.05, 3.63) is 0 Å². The predicted octanol–water partition coefficient (Wildman–Crippen LogP) is 3.31. The highest BCUT2D eigenvalue weighted by molar-refractivity contribution is 5.80.